The first-order valence-electron chi connectivity index (χ1n) is 13.3. The van der Waals surface area contributed by atoms with E-state index in [9.17, 15) is 14.0 Å². The van der Waals surface area contributed by atoms with Crippen molar-refractivity contribution in [2.75, 3.05) is 20.3 Å². The van der Waals surface area contributed by atoms with E-state index in [1.54, 1.807) is 43.5 Å². The molecule has 212 valence electrons. The Hall–Kier alpha value is -4.36. The lowest BCUT2D eigenvalue weighted by atomic mass is 10.0. The Morgan fingerprint density at radius 1 is 0.854 bits per heavy atom. The number of hydrogen-bond donors (Lipinski definition) is 1. The zero-order valence-corrected chi connectivity index (χ0v) is 23.5. The van der Waals surface area contributed by atoms with Gasteiger partial charge in [0.05, 0.1) is 12.1 Å². The van der Waals surface area contributed by atoms with Crippen LogP contribution >= 0.6 is 11.6 Å². The zero-order chi connectivity index (χ0) is 29.0. The number of carbonyl (C=O) groups is 2. The van der Waals surface area contributed by atoms with Crippen molar-refractivity contribution in [3.63, 3.8) is 0 Å². The predicted octanol–water partition coefficient (Wildman–Crippen LogP) is 5.87. The van der Waals surface area contributed by atoms with Crippen molar-refractivity contribution in [2.24, 2.45) is 0 Å². The summed E-state index contributed by atoms with van der Waals surface area (Å²) in [6, 6.07) is 29.0. The number of methoxy groups -OCH3 is 1. The van der Waals surface area contributed by atoms with Gasteiger partial charge in [0, 0.05) is 19.5 Å². The number of benzene rings is 4. The molecule has 4 aromatic carbocycles. The number of para-hydroxylation sites is 1. The standard InChI is InChI=1S/C33H32ClFN2O4/c1-40-28-17-13-24(14-18-28)19-20-36-33(39)30(21-25-7-3-2-4-8-25)37(22-26-11-15-27(35)16-12-26)32(38)23-41-31-10-6-5-9-29(31)34/h2-18,30H,19-23H2,1H3,(H,36,39)/t30-/m0/s1. The van der Waals surface area contributed by atoms with Crippen LogP contribution in [0.25, 0.3) is 0 Å². The van der Waals surface area contributed by atoms with Gasteiger partial charge in [-0.05, 0) is 59.5 Å². The third kappa shape index (κ3) is 8.82. The number of nitrogens with one attached hydrogen (secondary N) is 1. The molecule has 4 rings (SSSR count). The smallest absolute Gasteiger partial charge is 0.261 e. The van der Waals surface area contributed by atoms with Crippen LogP contribution in [0.4, 0.5) is 4.39 Å². The van der Waals surface area contributed by atoms with Crippen molar-refractivity contribution in [1.82, 2.24) is 10.2 Å². The van der Waals surface area contributed by atoms with Crippen molar-refractivity contribution in [3.05, 3.63) is 131 Å². The molecule has 0 bridgehead atoms. The van der Waals surface area contributed by atoms with Gasteiger partial charge in [0.2, 0.25) is 5.91 Å². The average molecular weight is 575 g/mol. The molecule has 0 aliphatic heterocycles. The van der Waals surface area contributed by atoms with E-state index in [-0.39, 0.29) is 31.3 Å². The summed E-state index contributed by atoms with van der Waals surface area (Å²) in [6.07, 6.45) is 0.892. The highest BCUT2D eigenvalue weighted by Gasteiger charge is 2.30. The average Bonchev–Trinajstić information content (AvgIpc) is 3.00. The van der Waals surface area contributed by atoms with Crippen LogP contribution in [0.3, 0.4) is 0 Å². The summed E-state index contributed by atoms with van der Waals surface area (Å²) in [6.45, 7) is 0.148. The second-order valence-electron chi connectivity index (χ2n) is 9.46. The minimum Gasteiger partial charge on any atom is -0.497 e. The molecule has 0 radical (unpaired) electrons. The highest BCUT2D eigenvalue weighted by Crippen LogP contribution is 2.23. The summed E-state index contributed by atoms with van der Waals surface area (Å²) >= 11 is 6.22. The van der Waals surface area contributed by atoms with E-state index in [4.69, 9.17) is 21.1 Å². The van der Waals surface area contributed by atoms with E-state index in [1.807, 2.05) is 54.6 Å². The van der Waals surface area contributed by atoms with Gasteiger partial charge >= 0.3 is 0 Å². The molecule has 6 nitrogen and oxygen atoms in total. The van der Waals surface area contributed by atoms with Crippen molar-refractivity contribution in [3.8, 4) is 11.5 Å². The highest BCUT2D eigenvalue weighted by molar-refractivity contribution is 6.32. The molecule has 41 heavy (non-hydrogen) atoms. The molecule has 0 spiro atoms. The van der Waals surface area contributed by atoms with Gasteiger partial charge in [-0.25, -0.2) is 4.39 Å². The zero-order valence-electron chi connectivity index (χ0n) is 22.8. The molecule has 4 aromatic rings. The molecule has 2 amide bonds. The van der Waals surface area contributed by atoms with Crippen molar-refractivity contribution < 1.29 is 23.5 Å². The molecule has 0 saturated carbocycles. The second-order valence-corrected chi connectivity index (χ2v) is 9.87. The number of carbonyl (C=O) groups excluding carboxylic acids is 2. The van der Waals surface area contributed by atoms with Crippen LogP contribution in [0.15, 0.2) is 103 Å². The van der Waals surface area contributed by atoms with E-state index >= 15 is 0 Å². The van der Waals surface area contributed by atoms with Gasteiger partial charge in [-0.15, -0.1) is 0 Å². The van der Waals surface area contributed by atoms with Crippen molar-refractivity contribution in [1.29, 1.82) is 0 Å². The van der Waals surface area contributed by atoms with Gasteiger partial charge < -0.3 is 19.7 Å². The molecule has 0 aliphatic carbocycles. The fourth-order valence-corrected chi connectivity index (χ4v) is 4.56. The number of amides is 2. The maximum absolute atomic E-state index is 13.7. The normalized spacial score (nSPS) is 11.4. The van der Waals surface area contributed by atoms with Crippen LogP contribution in [0.2, 0.25) is 5.02 Å². The van der Waals surface area contributed by atoms with Gasteiger partial charge in [-0.1, -0.05) is 78.3 Å². The van der Waals surface area contributed by atoms with Gasteiger partial charge in [0.25, 0.3) is 5.91 Å². The van der Waals surface area contributed by atoms with Crippen LogP contribution in [-0.4, -0.2) is 43.0 Å². The molecule has 0 aromatic heterocycles. The first-order chi connectivity index (χ1) is 19.9. The third-order valence-corrected chi connectivity index (χ3v) is 6.91. The minimum absolute atomic E-state index is 0.0917. The summed E-state index contributed by atoms with van der Waals surface area (Å²) in [4.78, 5) is 28.9. The van der Waals surface area contributed by atoms with E-state index in [1.165, 1.54) is 17.0 Å². The van der Waals surface area contributed by atoms with Crippen LogP contribution in [0.1, 0.15) is 16.7 Å². The van der Waals surface area contributed by atoms with E-state index in [0.717, 1.165) is 16.9 Å². The molecule has 0 fully saturated rings. The van der Waals surface area contributed by atoms with Crippen LogP contribution in [0.5, 0.6) is 11.5 Å². The van der Waals surface area contributed by atoms with Crippen molar-refractivity contribution >= 4 is 23.4 Å². The molecular formula is C33H32ClFN2O4. The second kappa shape index (κ2) is 14.9. The quantitative estimate of drug-likeness (QED) is 0.217. The van der Waals surface area contributed by atoms with Gasteiger partial charge in [0.15, 0.2) is 6.61 Å². The lowest BCUT2D eigenvalue weighted by molar-refractivity contribution is -0.142. The van der Waals surface area contributed by atoms with Gasteiger partial charge in [0.1, 0.15) is 23.4 Å². The SMILES string of the molecule is COc1ccc(CCNC(=O)[C@H](Cc2ccccc2)N(Cc2ccc(F)cc2)C(=O)COc2ccccc2Cl)cc1. The summed E-state index contributed by atoms with van der Waals surface area (Å²) in [7, 11) is 1.61. The summed E-state index contributed by atoms with van der Waals surface area (Å²) in [5, 5.41) is 3.38. The fourth-order valence-electron chi connectivity index (χ4n) is 4.36. The number of halogens is 2. The molecule has 1 atom stereocenters. The van der Waals surface area contributed by atoms with Crippen LogP contribution < -0.4 is 14.8 Å². The molecule has 0 heterocycles. The molecular weight excluding hydrogens is 543 g/mol. The number of rotatable bonds is 13. The van der Waals surface area contributed by atoms with E-state index in [0.29, 0.717) is 29.3 Å². The number of hydrogen-bond acceptors (Lipinski definition) is 4. The summed E-state index contributed by atoms with van der Waals surface area (Å²) in [5.41, 5.74) is 2.62. The fraction of sp³-hybridized carbons (Fsp3) is 0.212. The Morgan fingerprint density at radius 3 is 2.20 bits per heavy atom. The molecule has 8 heteroatoms. The topological polar surface area (TPSA) is 67.9 Å². The Morgan fingerprint density at radius 2 is 1.51 bits per heavy atom. The van der Waals surface area contributed by atoms with E-state index in [2.05, 4.69) is 5.32 Å². The predicted molar refractivity (Wildman–Crippen MR) is 158 cm³/mol. The van der Waals surface area contributed by atoms with Gasteiger partial charge in [-0.2, -0.15) is 0 Å². The first kappa shape index (κ1) is 29.6. The number of nitrogens with zero attached hydrogens (tertiary/aromatic N) is 1. The van der Waals surface area contributed by atoms with Crippen LogP contribution in [0, 0.1) is 5.82 Å². The van der Waals surface area contributed by atoms with Gasteiger partial charge in [-0.3, -0.25) is 9.59 Å². The maximum atomic E-state index is 13.7. The lowest BCUT2D eigenvalue weighted by Gasteiger charge is -2.31. The molecule has 0 unspecified atom stereocenters. The lowest BCUT2D eigenvalue weighted by Crippen LogP contribution is -2.52. The largest absolute Gasteiger partial charge is 0.497 e. The number of ether oxygens (including phenoxy) is 2. The minimum atomic E-state index is -0.847. The first-order valence-corrected chi connectivity index (χ1v) is 13.7. The highest BCUT2D eigenvalue weighted by atomic mass is 35.5. The third-order valence-electron chi connectivity index (χ3n) is 6.60. The summed E-state index contributed by atoms with van der Waals surface area (Å²) in [5.74, 6) is 0.0457. The van der Waals surface area contributed by atoms with Crippen LogP contribution in [-0.2, 0) is 29.0 Å². The Labute approximate surface area is 244 Å². The molecule has 1 N–H and O–H groups in total. The summed E-state index contributed by atoms with van der Waals surface area (Å²) < 4.78 is 24.6. The Balaban J connectivity index is 1.56. The van der Waals surface area contributed by atoms with E-state index < -0.39 is 11.9 Å². The molecule has 0 aliphatic rings. The Kier molecular flexibility index (Phi) is 10.7. The molecule has 0 saturated heterocycles. The maximum Gasteiger partial charge on any atom is 0.261 e. The monoisotopic (exact) mass is 574 g/mol. The van der Waals surface area contributed by atoms with Crippen molar-refractivity contribution in [2.45, 2.75) is 25.4 Å². The Bertz CT molecular complexity index is 1420.